The molecule has 3 amide bonds. The maximum atomic E-state index is 12.0. The number of fused-ring (bicyclic) bond motifs is 1. The minimum Gasteiger partial charge on any atom is -0.318 e. The second kappa shape index (κ2) is 5.52. The van der Waals surface area contributed by atoms with Crippen molar-refractivity contribution >= 4 is 23.3 Å². The van der Waals surface area contributed by atoms with Crippen LogP contribution in [-0.4, -0.2) is 38.4 Å². The molecule has 2 aromatic rings. The van der Waals surface area contributed by atoms with Gasteiger partial charge in [0, 0.05) is 18.5 Å². The molecule has 0 radical (unpaired) electrons. The summed E-state index contributed by atoms with van der Waals surface area (Å²) in [6, 6.07) is 1.76. The smallest absolute Gasteiger partial charge is 0.318 e. The third kappa shape index (κ3) is 2.87. The Morgan fingerprint density at radius 1 is 1.38 bits per heavy atom. The van der Waals surface area contributed by atoms with Crippen molar-refractivity contribution in [2.45, 2.75) is 13.0 Å². The van der Waals surface area contributed by atoms with E-state index in [0.29, 0.717) is 13.1 Å². The van der Waals surface area contributed by atoms with Gasteiger partial charge >= 0.3 is 6.03 Å². The first-order valence-corrected chi connectivity index (χ1v) is 7.28. The van der Waals surface area contributed by atoms with Crippen LogP contribution < -0.4 is 10.9 Å². The van der Waals surface area contributed by atoms with Crippen LogP contribution in [0.5, 0.6) is 0 Å². The molecule has 1 aliphatic heterocycles. The van der Waals surface area contributed by atoms with Crippen molar-refractivity contribution in [1.29, 1.82) is 0 Å². The zero-order chi connectivity index (χ0) is 14.8. The van der Waals surface area contributed by atoms with Crippen molar-refractivity contribution in [2.24, 2.45) is 7.05 Å². The molecule has 0 bridgehead atoms. The number of hydrazine groups is 1. The molecule has 0 saturated heterocycles. The fraction of sp³-hybridized carbons (Fsp3) is 0.333. The maximum Gasteiger partial charge on any atom is 0.336 e. The van der Waals surface area contributed by atoms with Crippen molar-refractivity contribution < 1.29 is 9.59 Å². The number of hydrogen-bond acceptors (Lipinski definition) is 5. The number of rotatable bonds is 1. The van der Waals surface area contributed by atoms with Crippen molar-refractivity contribution in [1.82, 2.24) is 30.7 Å². The van der Waals surface area contributed by atoms with Crippen LogP contribution in [0.15, 0.2) is 17.6 Å². The van der Waals surface area contributed by atoms with Crippen LogP contribution in [0.25, 0.3) is 0 Å². The predicted octanol–water partition coefficient (Wildman–Crippen LogP) is 0.289. The molecule has 3 heterocycles. The van der Waals surface area contributed by atoms with E-state index in [1.165, 1.54) is 21.3 Å². The van der Waals surface area contributed by atoms with Gasteiger partial charge in [0.1, 0.15) is 0 Å². The average Bonchev–Trinajstić information content (AvgIpc) is 3.12. The number of hydrogen-bond donors (Lipinski definition) is 2. The molecule has 1 aliphatic rings. The molecule has 2 N–H and O–H groups in total. The lowest BCUT2D eigenvalue weighted by Gasteiger charge is -2.26. The molecule has 110 valence electrons. The number of nitrogens with one attached hydrogen (secondary N) is 2. The first kappa shape index (κ1) is 13.6. The van der Waals surface area contributed by atoms with Crippen LogP contribution in [-0.2, 0) is 20.0 Å². The van der Waals surface area contributed by atoms with Crippen LogP contribution in [0.1, 0.15) is 20.9 Å². The lowest BCUT2D eigenvalue weighted by molar-refractivity contribution is 0.0924. The third-order valence-corrected chi connectivity index (χ3v) is 4.18. The second-order valence-corrected chi connectivity index (χ2v) is 5.70. The molecule has 0 fully saturated rings. The van der Waals surface area contributed by atoms with E-state index < -0.39 is 5.91 Å². The molecular formula is C12H14N6O2S. The molecule has 0 aliphatic carbocycles. The Bertz CT molecular complexity index is 679. The van der Waals surface area contributed by atoms with Gasteiger partial charge in [-0.1, -0.05) is 5.21 Å². The summed E-state index contributed by atoms with van der Waals surface area (Å²) < 4.78 is 1.42. The third-order valence-electron chi connectivity index (χ3n) is 3.23. The van der Waals surface area contributed by atoms with Gasteiger partial charge in [-0.25, -0.2) is 10.2 Å². The molecule has 0 unspecified atom stereocenters. The highest BCUT2D eigenvalue weighted by Gasteiger charge is 2.22. The Morgan fingerprint density at radius 2 is 2.24 bits per heavy atom. The van der Waals surface area contributed by atoms with E-state index in [1.807, 2.05) is 5.38 Å². The molecule has 0 spiro atoms. The first-order chi connectivity index (χ1) is 10.1. The van der Waals surface area contributed by atoms with E-state index in [0.717, 1.165) is 6.42 Å². The summed E-state index contributed by atoms with van der Waals surface area (Å²) in [6.07, 6.45) is 2.31. The molecule has 0 atom stereocenters. The van der Waals surface area contributed by atoms with Crippen molar-refractivity contribution in [3.8, 4) is 0 Å². The maximum absolute atomic E-state index is 12.0. The van der Waals surface area contributed by atoms with Crippen LogP contribution in [0.3, 0.4) is 0 Å². The number of thiophene rings is 1. The van der Waals surface area contributed by atoms with Gasteiger partial charge in [0.15, 0.2) is 5.69 Å². The number of aromatic nitrogens is 3. The Balaban J connectivity index is 1.54. The second-order valence-electron chi connectivity index (χ2n) is 4.70. The van der Waals surface area contributed by atoms with Gasteiger partial charge < -0.3 is 4.90 Å². The van der Waals surface area contributed by atoms with Crippen molar-refractivity contribution in [3.05, 3.63) is 33.8 Å². The summed E-state index contributed by atoms with van der Waals surface area (Å²) in [5.41, 5.74) is 6.18. The van der Waals surface area contributed by atoms with Gasteiger partial charge in [-0.15, -0.1) is 16.4 Å². The molecule has 2 aromatic heterocycles. The average molecular weight is 306 g/mol. The number of carbonyl (C=O) groups is 2. The lowest BCUT2D eigenvalue weighted by Crippen LogP contribution is -2.50. The highest BCUT2D eigenvalue weighted by atomic mass is 32.1. The lowest BCUT2D eigenvalue weighted by atomic mass is 10.1. The monoisotopic (exact) mass is 306 g/mol. The standard InChI is InChI=1S/C12H14N6O2S/c1-17-6-9(13-16-17)11(19)14-15-12(20)18-4-2-8-3-5-21-10(8)7-18/h3,5-6H,2,4,7H2,1H3,(H,14,19)(H,15,20). The minimum atomic E-state index is -0.495. The SMILES string of the molecule is Cn1cc(C(=O)NNC(=O)N2CCc3ccsc3C2)nn1. The zero-order valence-electron chi connectivity index (χ0n) is 11.4. The van der Waals surface area contributed by atoms with Gasteiger partial charge in [-0.3, -0.25) is 14.9 Å². The summed E-state index contributed by atoms with van der Waals surface area (Å²) >= 11 is 1.64. The number of aryl methyl sites for hydroxylation is 1. The minimum absolute atomic E-state index is 0.150. The Labute approximate surface area is 124 Å². The number of carbonyl (C=O) groups excluding carboxylic acids is 2. The topological polar surface area (TPSA) is 92.2 Å². The largest absolute Gasteiger partial charge is 0.336 e. The van der Waals surface area contributed by atoms with Gasteiger partial charge in [0.2, 0.25) is 0 Å². The molecule has 3 rings (SSSR count). The fourth-order valence-electron chi connectivity index (χ4n) is 2.11. The van der Waals surface area contributed by atoms with Crippen LogP contribution >= 0.6 is 11.3 Å². The van der Waals surface area contributed by atoms with E-state index in [1.54, 1.807) is 23.3 Å². The molecule has 21 heavy (non-hydrogen) atoms. The summed E-state index contributed by atoms with van der Waals surface area (Å²) in [5.74, 6) is -0.495. The fourth-order valence-corrected chi connectivity index (χ4v) is 3.06. The van der Waals surface area contributed by atoms with Crippen molar-refractivity contribution in [2.75, 3.05) is 6.54 Å². The highest BCUT2D eigenvalue weighted by molar-refractivity contribution is 7.10. The van der Waals surface area contributed by atoms with E-state index >= 15 is 0 Å². The van der Waals surface area contributed by atoms with E-state index in [2.05, 4.69) is 27.2 Å². The molecule has 8 nitrogen and oxygen atoms in total. The van der Waals surface area contributed by atoms with Gasteiger partial charge in [-0.2, -0.15) is 0 Å². The number of urea groups is 1. The normalized spacial score (nSPS) is 13.7. The quantitative estimate of drug-likeness (QED) is 0.741. The first-order valence-electron chi connectivity index (χ1n) is 6.40. The summed E-state index contributed by atoms with van der Waals surface area (Å²) in [7, 11) is 1.66. The van der Waals surface area contributed by atoms with E-state index in [-0.39, 0.29) is 11.7 Å². The Hall–Kier alpha value is -2.42. The van der Waals surface area contributed by atoms with Crippen LogP contribution in [0.2, 0.25) is 0 Å². The molecular weight excluding hydrogens is 292 g/mol. The Kier molecular flexibility index (Phi) is 3.57. The van der Waals surface area contributed by atoms with E-state index in [4.69, 9.17) is 0 Å². The number of nitrogens with zero attached hydrogens (tertiary/aromatic N) is 4. The Morgan fingerprint density at radius 3 is 3.00 bits per heavy atom. The molecule has 9 heteroatoms. The summed E-state index contributed by atoms with van der Waals surface area (Å²) in [5, 5.41) is 9.35. The van der Waals surface area contributed by atoms with Gasteiger partial charge in [0.25, 0.3) is 5.91 Å². The number of amides is 3. The van der Waals surface area contributed by atoms with Gasteiger partial charge in [-0.05, 0) is 23.4 Å². The van der Waals surface area contributed by atoms with Crippen LogP contribution in [0, 0.1) is 0 Å². The van der Waals surface area contributed by atoms with E-state index in [9.17, 15) is 9.59 Å². The van der Waals surface area contributed by atoms with Crippen molar-refractivity contribution in [3.63, 3.8) is 0 Å². The van der Waals surface area contributed by atoms with Gasteiger partial charge in [0.05, 0.1) is 12.7 Å². The highest BCUT2D eigenvalue weighted by Crippen LogP contribution is 2.23. The predicted molar refractivity (Wildman–Crippen MR) is 75.4 cm³/mol. The summed E-state index contributed by atoms with van der Waals surface area (Å²) in [6.45, 7) is 1.20. The zero-order valence-corrected chi connectivity index (χ0v) is 12.2. The summed E-state index contributed by atoms with van der Waals surface area (Å²) in [4.78, 5) is 26.6. The molecule has 0 saturated carbocycles. The van der Waals surface area contributed by atoms with Crippen LogP contribution in [0.4, 0.5) is 4.79 Å². The molecule has 0 aromatic carbocycles.